The number of esters is 1. The molecule has 0 amide bonds. The summed E-state index contributed by atoms with van der Waals surface area (Å²) in [5.74, 6) is -1.38. The average Bonchev–Trinajstić information content (AvgIpc) is 2.45. The Bertz CT molecular complexity index is 693. The number of alkyl halides is 3. The fourth-order valence-electron chi connectivity index (χ4n) is 1.96. The van der Waals surface area contributed by atoms with Crippen LogP contribution in [0.15, 0.2) is 42.5 Å². The van der Waals surface area contributed by atoms with E-state index in [9.17, 15) is 23.1 Å². The average molecular weight is 326 g/mol. The number of phenols is 1. The van der Waals surface area contributed by atoms with Gasteiger partial charge < -0.3 is 14.6 Å². The molecule has 0 aliphatic rings. The molecule has 1 N–H and O–H groups in total. The van der Waals surface area contributed by atoms with E-state index in [1.54, 1.807) is 19.1 Å². The minimum atomic E-state index is -4.85. The van der Waals surface area contributed by atoms with E-state index in [0.29, 0.717) is 16.7 Å². The molecule has 2 aromatic carbocycles. The molecule has 0 fully saturated rings. The molecule has 0 aromatic heterocycles. The van der Waals surface area contributed by atoms with Crippen molar-refractivity contribution in [2.75, 3.05) is 6.61 Å². The predicted molar refractivity (Wildman–Crippen MR) is 76.2 cm³/mol. The molecule has 0 aliphatic carbocycles. The van der Waals surface area contributed by atoms with Gasteiger partial charge in [0.15, 0.2) is 0 Å². The van der Waals surface area contributed by atoms with E-state index in [1.165, 1.54) is 18.2 Å². The number of hydrogen-bond acceptors (Lipinski definition) is 4. The van der Waals surface area contributed by atoms with Crippen LogP contribution in [-0.2, 0) is 4.74 Å². The zero-order valence-electron chi connectivity index (χ0n) is 12.1. The quantitative estimate of drug-likeness (QED) is 0.858. The maximum Gasteiger partial charge on any atom is 0.573 e. The normalized spacial score (nSPS) is 11.1. The van der Waals surface area contributed by atoms with Gasteiger partial charge in [0.2, 0.25) is 0 Å². The summed E-state index contributed by atoms with van der Waals surface area (Å²) in [7, 11) is 0. The summed E-state index contributed by atoms with van der Waals surface area (Å²) in [5, 5.41) is 9.54. The second-order valence-corrected chi connectivity index (χ2v) is 4.56. The van der Waals surface area contributed by atoms with Gasteiger partial charge in [-0.3, -0.25) is 0 Å². The second kappa shape index (κ2) is 6.60. The Hall–Kier alpha value is -2.70. The maximum absolute atomic E-state index is 12.3. The lowest BCUT2D eigenvalue weighted by atomic mass is 10.0. The number of benzene rings is 2. The zero-order chi connectivity index (χ0) is 17.0. The van der Waals surface area contributed by atoms with Crippen LogP contribution in [0.1, 0.15) is 17.3 Å². The van der Waals surface area contributed by atoms with Gasteiger partial charge in [-0.05, 0) is 42.3 Å². The molecule has 23 heavy (non-hydrogen) atoms. The van der Waals surface area contributed by atoms with E-state index in [-0.39, 0.29) is 12.4 Å². The molecule has 0 atom stereocenters. The van der Waals surface area contributed by atoms with Gasteiger partial charge in [0.05, 0.1) is 12.2 Å². The Labute approximate surface area is 130 Å². The lowest BCUT2D eigenvalue weighted by molar-refractivity contribution is -0.274. The lowest BCUT2D eigenvalue weighted by Crippen LogP contribution is -2.17. The van der Waals surface area contributed by atoms with Crippen molar-refractivity contribution in [3.8, 4) is 22.6 Å². The Balaban J connectivity index is 2.29. The number of halogens is 3. The molecule has 0 bridgehead atoms. The molecule has 0 saturated carbocycles. The molecule has 2 aromatic rings. The number of hydrogen-bond donors (Lipinski definition) is 1. The third kappa shape index (κ3) is 4.64. The van der Waals surface area contributed by atoms with E-state index in [0.717, 1.165) is 12.1 Å². The molecular formula is C16H13F3O4. The van der Waals surface area contributed by atoms with E-state index in [1.807, 2.05) is 0 Å². The summed E-state index contributed by atoms with van der Waals surface area (Å²) in [6.07, 6.45) is -4.85. The van der Waals surface area contributed by atoms with Crippen LogP contribution < -0.4 is 4.74 Å². The molecular weight excluding hydrogens is 313 g/mol. The first-order valence-corrected chi connectivity index (χ1v) is 6.66. The number of carbonyl (C=O) groups is 1. The first-order chi connectivity index (χ1) is 10.8. The predicted octanol–water partition coefficient (Wildman–Crippen LogP) is 4.13. The molecule has 0 radical (unpaired) electrons. The van der Waals surface area contributed by atoms with Crippen molar-refractivity contribution in [1.29, 1.82) is 0 Å². The van der Waals surface area contributed by atoms with E-state index < -0.39 is 18.1 Å². The van der Waals surface area contributed by atoms with Crippen LogP contribution in [0.3, 0.4) is 0 Å². The molecule has 0 saturated heterocycles. The highest BCUT2D eigenvalue weighted by molar-refractivity contribution is 5.90. The standard InChI is InChI=1S/C16H13F3O4/c1-2-22-15(21)11-5-3-10(4-6-11)12-7-13(20)9-14(8-12)23-16(17,18)19/h3-9,20H,2H2,1H3. The summed E-state index contributed by atoms with van der Waals surface area (Å²) < 4.78 is 45.4. The van der Waals surface area contributed by atoms with Gasteiger partial charge in [0.25, 0.3) is 0 Å². The molecule has 0 unspecified atom stereocenters. The number of aromatic hydroxyl groups is 1. The molecule has 7 heteroatoms. The summed E-state index contributed by atoms with van der Waals surface area (Å²) in [6.45, 7) is 1.92. The van der Waals surface area contributed by atoms with Gasteiger partial charge in [0.1, 0.15) is 11.5 Å². The minimum Gasteiger partial charge on any atom is -0.508 e. The molecule has 122 valence electrons. The Morgan fingerprint density at radius 3 is 2.30 bits per heavy atom. The summed E-state index contributed by atoms with van der Waals surface area (Å²) in [5.41, 5.74) is 1.16. The van der Waals surface area contributed by atoms with Crippen LogP contribution in [0.5, 0.6) is 11.5 Å². The fraction of sp³-hybridized carbons (Fsp3) is 0.188. The third-order valence-electron chi connectivity index (χ3n) is 2.85. The van der Waals surface area contributed by atoms with Gasteiger partial charge in [-0.1, -0.05) is 12.1 Å². The van der Waals surface area contributed by atoms with Crippen molar-refractivity contribution in [3.63, 3.8) is 0 Å². The molecule has 0 spiro atoms. The van der Waals surface area contributed by atoms with Gasteiger partial charge in [0, 0.05) is 6.07 Å². The van der Waals surface area contributed by atoms with Crippen molar-refractivity contribution < 1.29 is 32.5 Å². The zero-order valence-corrected chi connectivity index (χ0v) is 12.1. The lowest BCUT2D eigenvalue weighted by Gasteiger charge is -2.11. The van der Waals surface area contributed by atoms with Crippen molar-refractivity contribution >= 4 is 5.97 Å². The Kier molecular flexibility index (Phi) is 4.78. The second-order valence-electron chi connectivity index (χ2n) is 4.56. The van der Waals surface area contributed by atoms with Crippen LogP contribution in [0.4, 0.5) is 13.2 Å². The summed E-state index contributed by atoms with van der Waals surface area (Å²) >= 11 is 0. The largest absolute Gasteiger partial charge is 0.573 e. The molecule has 0 aliphatic heterocycles. The first kappa shape index (κ1) is 16.7. The summed E-state index contributed by atoms with van der Waals surface area (Å²) in [4.78, 5) is 11.6. The van der Waals surface area contributed by atoms with Crippen LogP contribution >= 0.6 is 0 Å². The van der Waals surface area contributed by atoms with Gasteiger partial charge in [-0.2, -0.15) is 0 Å². The Morgan fingerprint density at radius 1 is 1.09 bits per heavy atom. The number of ether oxygens (including phenoxy) is 2. The number of rotatable bonds is 4. The van der Waals surface area contributed by atoms with Crippen LogP contribution in [0.2, 0.25) is 0 Å². The highest BCUT2D eigenvalue weighted by atomic mass is 19.4. The highest BCUT2D eigenvalue weighted by Gasteiger charge is 2.31. The maximum atomic E-state index is 12.3. The summed E-state index contributed by atoms with van der Waals surface area (Å²) in [6, 6.07) is 9.36. The first-order valence-electron chi connectivity index (χ1n) is 6.66. The molecule has 2 rings (SSSR count). The number of carbonyl (C=O) groups excluding carboxylic acids is 1. The van der Waals surface area contributed by atoms with Gasteiger partial charge in [-0.15, -0.1) is 13.2 Å². The van der Waals surface area contributed by atoms with Crippen molar-refractivity contribution in [2.24, 2.45) is 0 Å². The van der Waals surface area contributed by atoms with Crippen molar-refractivity contribution in [3.05, 3.63) is 48.0 Å². The van der Waals surface area contributed by atoms with Gasteiger partial charge >= 0.3 is 12.3 Å². The highest BCUT2D eigenvalue weighted by Crippen LogP contribution is 2.32. The topological polar surface area (TPSA) is 55.8 Å². The van der Waals surface area contributed by atoms with E-state index >= 15 is 0 Å². The smallest absolute Gasteiger partial charge is 0.508 e. The minimum absolute atomic E-state index is 0.241. The third-order valence-corrected chi connectivity index (χ3v) is 2.85. The van der Waals surface area contributed by atoms with Gasteiger partial charge in [-0.25, -0.2) is 4.79 Å². The SMILES string of the molecule is CCOC(=O)c1ccc(-c2cc(O)cc(OC(F)(F)F)c2)cc1. The molecule has 0 heterocycles. The monoisotopic (exact) mass is 326 g/mol. The van der Waals surface area contributed by atoms with E-state index in [4.69, 9.17) is 4.74 Å². The van der Waals surface area contributed by atoms with E-state index in [2.05, 4.69) is 4.74 Å². The fourth-order valence-corrected chi connectivity index (χ4v) is 1.96. The van der Waals surface area contributed by atoms with Crippen LogP contribution in [0, 0.1) is 0 Å². The molecule has 4 nitrogen and oxygen atoms in total. The van der Waals surface area contributed by atoms with Crippen molar-refractivity contribution in [1.82, 2.24) is 0 Å². The van der Waals surface area contributed by atoms with Crippen molar-refractivity contribution in [2.45, 2.75) is 13.3 Å². The van der Waals surface area contributed by atoms with Crippen LogP contribution in [0.25, 0.3) is 11.1 Å². The Morgan fingerprint density at radius 2 is 1.74 bits per heavy atom. The van der Waals surface area contributed by atoms with Crippen LogP contribution in [-0.4, -0.2) is 24.0 Å². The number of phenolic OH excluding ortho intramolecular Hbond substituents is 1.